The number of ether oxygens (including phenoxy) is 2. The minimum absolute atomic E-state index is 0.0605. The molecule has 1 aliphatic carbocycles. The highest BCUT2D eigenvalue weighted by atomic mass is 19.1. The van der Waals surface area contributed by atoms with E-state index in [1.54, 1.807) is 12.1 Å². The van der Waals surface area contributed by atoms with Gasteiger partial charge in [0.25, 0.3) is 0 Å². The molecular formula is C23H31FN2O5. The lowest BCUT2D eigenvalue weighted by Gasteiger charge is -2.47. The monoisotopic (exact) mass is 434 g/mol. The third-order valence-corrected chi connectivity index (χ3v) is 7.31. The predicted molar refractivity (Wildman–Crippen MR) is 113 cm³/mol. The lowest BCUT2D eigenvalue weighted by molar-refractivity contribution is -0.183. The zero-order chi connectivity index (χ0) is 22.3. The molecule has 1 aromatic rings. The average molecular weight is 435 g/mol. The minimum atomic E-state index is -1.01. The highest BCUT2D eigenvalue weighted by molar-refractivity contribution is 5.90. The fraction of sp³-hybridized carbons (Fsp3) is 0.652. The van der Waals surface area contributed by atoms with E-state index < -0.39 is 23.4 Å². The smallest absolute Gasteiger partial charge is 0.340 e. The molecular weight excluding hydrogens is 403 g/mol. The van der Waals surface area contributed by atoms with Crippen LogP contribution in [0.4, 0.5) is 10.1 Å². The summed E-state index contributed by atoms with van der Waals surface area (Å²) in [4.78, 5) is 28.3. The second-order valence-corrected chi connectivity index (χ2v) is 9.21. The van der Waals surface area contributed by atoms with Crippen molar-refractivity contribution >= 4 is 17.6 Å². The second-order valence-electron chi connectivity index (χ2n) is 9.21. The Bertz CT molecular complexity index is 854. The number of carboxylic acid groups (broad SMARTS) is 1. The summed E-state index contributed by atoms with van der Waals surface area (Å²) in [6, 6.07) is 4.90. The number of benzene rings is 1. The van der Waals surface area contributed by atoms with E-state index in [1.165, 1.54) is 13.2 Å². The molecule has 2 aliphatic heterocycles. The summed E-state index contributed by atoms with van der Waals surface area (Å²) < 4.78 is 24.7. The van der Waals surface area contributed by atoms with Gasteiger partial charge in [0.2, 0.25) is 0 Å². The summed E-state index contributed by atoms with van der Waals surface area (Å²) in [6.07, 6.45) is 2.29. The summed E-state index contributed by atoms with van der Waals surface area (Å²) in [6.45, 7) is 6.94. The molecule has 0 bridgehead atoms. The van der Waals surface area contributed by atoms with Crippen LogP contribution in [0, 0.1) is 17.7 Å². The van der Waals surface area contributed by atoms with Crippen LogP contribution in [0.5, 0.6) is 0 Å². The van der Waals surface area contributed by atoms with Crippen molar-refractivity contribution in [3.05, 3.63) is 29.6 Å². The van der Waals surface area contributed by atoms with Gasteiger partial charge >= 0.3 is 11.9 Å². The van der Waals surface area contributed by atoms with Crippen LogP contribution in [0.25, 0.3) is 0 Å². The van der Waals surface area contributed by atoms with E-state index >= 15 is 0 Å². The molecule has 2 saturated heterocycles. The van der Waals surface area contributed by atoms with Gasteiger partial charge in [-0.3, -0.25) is 4.90 Å². The standard InChI is InChI=1S/C23H31FN2O5/c1-14-10-19(14)23(22(28)29)7-6-17(13-31-23)25-8-9-26(15(2)12-25)16-4-5-20(24)18(11-16)21(27)30-3/h4-5,11,14-15,17,19H,6-10,12-13H2,1-3H3,(H,28,29)/t14-,15+,17-,19?,23+/m1/s1. The largest absolute Gasteiger partial charge is 0.479 e. The molecule has 8 heteroatoms. The Morgan fingerprint density at radius 3 is 2.58 bits per heavy atom. The van der Waals surface area contributed by atoms with Crippen LogP contribution in [0.3, 0.4) is 0 Å². The maximum Gasteiger partial charge on any atom is 0.340 e. The molecule has 5 atom stereocenters. The number of nitrogens with zero attached hydrogens (tertiary/aromatic N) is 2. The highest BCUT2D eigenvalue weighted by Gasteiger charge is 2.58. The molecule has 2 heterocycles. The number of esters is 1. The van der Waals surface area contributed by atoms with Crippen LogP contribution in [-0.2, 0) is 14.3 Å². The Morgan fingerprint density at radius 1 is 1.29 bits per heavy atom. The Morgan fingerprint density at radius 2 is 2.03 bits per heavy atom. The lowest BCUT2D eigenvalue weighted by Crippen LogP contribution is -2.59. The van der Waals surface area contributed by atoms with E-state index in [1.807, 2.05) is 0 Å². The molecule has 1 N–H and O–H groups in total. The van der Waals surface area contributed by atoms with Crippen molar-refractivity contribution in [1.82, 2.24) is 4.90 Å². The van der Waals surface area contributed by atoms with E-state index in [4.69, 9.17) is 4.74 Å². The molecule has 1 unspecified atom stereocenters. The third-order valence-electron chi connectivity index (χ3n) is 7.31. The maximum atomic E-state index is 14.0. The Balaban J connectivity index is 1.39. The normalized spacial score (nSPS) is 33.7. The number of methoxy groups -OCH3 is 1. The molecule has 0 spiro atoms. The van der Waals surface area contributed by atoms with Crippen LogP contribution in [0.15, 0.2) is 18.2 Å². The first kappa shape index (κ1) is 22.0. The van der Waals surface area contributed by atoms with Crippen LogP contribution in [-0.4, -0.2) is 73.0 Å². The molecule has 1 saturated carbocycles. The molecule has 0 amide bonds. The molecule has 3 fully saturated rings. The zero-order valence-electron chi connectivity index (χ0n) is 18.3. The van der Waals surface area contributed by atoms with E-state index in [0.29, 0.717) is 18.9 Å². The van der Waals surface area contributed by atoms with Crippen LogP contribution in [0.2, 0.25) is 0 Å². The van der Waals surface area contributed by atoms with Gasteiger partial charge in [0.05, 0.1) is 19.3 Å². The minimum Gasteiger partial charge on any atom is -0.479 e. The first-order chi connectivity index (χ1) is 14.8. The Kier molecular flexibility index (Phi) is 5.96. The van der Waals surface area contributed by atoms with E-state index in [-0.39, 0.29) is 23.6 Å². The number of rotatable bonds is 5. The number of piperazine rings is 1. The molecule has 0 radical (unpaired) electrons. The number of halogens is 1. The SMILES string of the molecule is COC(=O)c1cc(N2CCN([C@@H]3CC[C@@](C(=O)O)(C4C[C@H]4C)OC3)C[C@@H]2C)ccc1F. The number of hydrogen-bond acceptors (Lipinski definition) is 6. The van der Waals surface area contributed by atoms with Crippen LogP contribution < -0.4 is 4.90 Å². The summed E-state index contributed by atoms with van der Waals surface area (Å²) in [7, 11) is 1.24. The van der Waals surface area contributed by atoms with Gasteiger partial charge in [-0.2, -0.15) is 0 Å². The third kappa shape index (κ3) is 4.03. The quantitative estimate of drug-likeness (QED) is 0.714. The Labute approximate surface area is 182 Å². The van der Waals surface area contributed by atoms with Gasteiger partial charge in [0.1, 0.15) is 5.82 Å². The lowest BCUT2D eigenvalue weighted by atomic mass is 9.86. The average Bonchev–Trinajstić information content (AvgIpc) is 3.50. The number of anilines is 1. The van der Waals surface area contributed by atoms with Gasteiger partial charge in [-0.1, -0.05) is 6.92 Å². The number of carbonyl (C=O) groups excluding carboxylic acids is 1. The van der Waals surface area contributed by atoms with Gasteiger partial charge in [0, 0.05) is 43.3 Å². The van der Waals surface area contributed by atoms with Gasteiger partial charge in [-0.05, 0) is 50.3 Å². The summed E-state index contributed by atoms with van der Waals surface area (Å²) >= 11 is 0. The zero-order valence-corrected chi connectivity index (χ0v) is 18.3. The van der Waals surface area contributed by atoms with E-state index in [2.05, 4.69) is 28.4 Å². The second kappa shape index (κ2) is 8.39. The van der Waals surface area contributed by atoms with Crippen molar-refractivity contribution in [3.63, 3.8) is 0 Å². The number of carbonyl (C=O) groups is 2. The molecule has 0 aromatic heterocycles. The van der Waals surface area contributed by atoms with Crippen molar-refractivity contribution in [3.8, 4) is 0 Å². The van der Waals surface area contributed by atoms with Crippen LogP contribution >= 0.6 is 0 Å². The van der Waals surface area contributed by atoms with E-state index in [0.717, 1.165) is 38.2 Å². The molecule has 170 valence electrons. The van der Waals surface area contributed by atoms with Gasteiger partial charge < -0.3 is 19.5 Å². The van der Waals surface area contributed by atoms with Crippen molar-refractivity contribution in [1.29, 1.82) is 0 Å². The van der Waals surface area contributed by atoms with Crippen LogP contribution in [0.1, 0.15) is 43.5 Å². The number of hydrogen-bond donors (Lipinski definition) is 1. The first-order valence-electron chi connectivity index (χ1n) is 11.0. The molecule has 1 aromatic carbocycles. The van der Waals surface area contributed by atoms with Crippen molar-refractivity contribution in [2.24, 2.45) is 11.8 Å². The van der Waals surface area contributed by atoms with Gasteiger partial charge in [-0.25, -0.2) is 14.0 Å². The topological polar surface area (TPSA) is 79.3 Å². The summed E-state index contributed by atoms with van der Waals surface area (Å²) in [5, 5.41) is 9.81. The maximum absolute atomic E-state index is 14.0. The first-order valence-corrected chi connectivity index (χ1v) is 11.0. The Hall–Kier alpha value is -2.19. The molecule has 31 heavy (non-hydrogen) atoms. The highest BCUT2D eigenvalue weighted by Crippen LogP contribution is 2.51. The van der Waals surface area contributed by atoms with E-state index in [9.17, 15) is 19.1 Å². The van der Waals surface area contributed by atoms with Gasteiger partial charge in [0.15, 0.2) is 5.60 Å². The summed E-state index contributed by atoms with van der Waals surface area (Å²) in [5.41, 5.74) is -0.280. The number of carboxylic acids is 1. The molecule has 4 rings (SSSR count). The van der Waals surface area contributed by atoms with Crippen molar-refractivity contribution in [2.45, 2.75) is 50.8 Å². The fourth-order valence-corrected chi connectivity index (χ4v) is 5.32. The number of aliphatic carboxylic acids is 1. The fourth-order valence-electron chi connectivity index (χ4n) is 5.32. The molecule has 7 nitrogen and oxygen atoms in total. The predicted octanol–water partition coefficient (Wildman–Crippen LogP) is 2.78. The van der Waals surface area contributed by atoms with Crippen molar-refractivity contribution < 1.29 is 28.6 Å². The summed E-state index contributed by atoms with van der Waals surface area (Å²) in [5.74, 6) is -1.55. The molecule has 3 aliphatic rings. The van der Waals surface area contributed by atoms with Gasteiger partial charge in [-0.15, -0.1) is 0 Å². The van der Waals surface area contributed by atoms with Crippen molar-refractivity contribution in [2.75, 3.05) is 38.3 Å².